The summed E-state index contributed by atoms with van der Waals surface area (Å²) in [7, 11) is 1.85. The van der Waals surface area contributed by atoms with E-state index in [4.69, 9.17) is 0 Å². The summed E-state index contributed by atoms with van der Waals surface area (Å²) in [5, 5.41) is 1.92. The number of aryl methyl sites for hydroxylation is 3. The van der Waals surface area contributed by atoms with E-state index >= 15 is 0 Å². The van der Waals surface area contributed by atoms with Crippen LogP contribution >= 0.6 is 22.7 Å². The summed E-state index contributed by atoms with van der Waals surface area (Å²) in [6.45, 7) is 8.04. The number of aromatic nitrogens is 2. The van der Waals surface area contributed by atoms with E-state index < -0.39 is 0 Å². The molecule has 4 nitrogen and oxygen atoms in total. The topological polar surface area (TPSA) is 46.1 Å². The van der Waals surface area contributed by atoms with Crippen molar-refractivity contribution in [3.8, 4) is 0 Å². The highest BCUT2D eigenvalue weighted by Crippen LogP contribution is 2.28. The van der Waals surface area contributed by atoms with Crippen LogP contribution in [-0.2, 0) is 11.2 Å². The zero-order valence-corrected chi connectivity index (χ0v) is 14.1. The number of hydrogen-bond acceptors (Lipinski definition) is 5. The molecule has 0 spiro atoms. The van der Waals surface area contributed by atoms with Crippen LogP contribution in [0.3, 0.4) is 0 Å². The molecule has 1 atom stereocenters. The van der Waals surface area contributed by atoms with Gasteiger partial charge in [-0.1, -0.05) is 0 Å². The fourth-order valence-corrected chi connectivity index (χ4v) is 3.86. The molecule has 0 aliphatic rings. The third-order valence-electron chi connectivity index (χ3n) is 3.26. The lowest BCUT2D eigenvalue weighted by molar-refractivity contribution is -0.131. The standard InChI is InChI=1S/C14H19N3OS2/c1-8-7-15-12(19-8)6-13(18)17(5)10(3)14-9(2)16-11(4)20-14/h7,10H,6H2,1-5H3. The van der Waals surface area contributed by atoms with Gasteiger partial charge in [0.2, 0.25) is 5.91 Å². The van der Waals surface area contributed by atoms with Crippen LogP contribution in [0.2, 0.25) is 0 Å². The molecular formula is C14H19N3OS2. The molecule has 6 heteroatoms. The van der Waals surface area contributed by atoms with Gasteiger partial charge in [-0.25, -0.2) is 9.97 Å². The Labute approximate surface area is 127 Å². The maximum absolute atomic E-state index is 12.3. The molecule has 0 aliphatic carbocycles. The van der Waals surface area contributed by atoms with Crippen LogP contribution < -0.4 is 0 Å². The van der Waals surface area contributed by atoms with Gasteiger partial charge in [0.25, 0.3) is 0 Å². The highest BCUT2D eigenvalue weighted by atomic mass is 32.1. The van der Waals surface area contributed by atoms with Crippen LogP contribution in [0.15, 0.2) is 6.20 Å². The molecule has 20 heavy (non-hydrogen) atoms. The molecule has 0 N–H and O–H groups in total. The van der Waals surface area contributed by atoms with Crippen molar-refractivity contribution in [3.63, 3.8) is 0 Å². The van der Waals surface area contributed by atoms with Gasteiger partial charge in [-0.05, 0) is 27.7 Å². The molecule has 2 aromatic rings. The Kier molecular flexibility index (Phi) is 4.55. The predicted molar refractivity (Wildman–Crippen MR) is 83.3 cm³/mol. The van der Waals surface area contributed by atoms with Gasteiger partial charge in [-0.2, -0.15) is 0 Å². The summed E-state index contributed by atoms with van der Waals surface area (Å²) in [4.78, 5) is 25.1. The molecule has 0 fully saturated rings. The first-order valence-corrected chi connectivity index (χ1v) is 8.12. The minimum absolute atomic E-state index is 0.0507. The van der Waals surface area contributed by atoms with Gasteiger partial charge in [-0.3, -0.25) is 4.79 Å². The fourth-order valence-electron chi connectivity index (χ4n) is 2.06. The van der Waals surface area contributed by atoms with E-state index in [0.29, 0.717) is 6.42 Å². The summed E-state index contributed by atoms with van der Waals surface area (Å²) in [6.07, 6.45) is 2.18. The Bertz CT molecular complexity index is 618. The molecule has 2 aromatic heterocycles. The van der Waals surface area contributed by atoms with Crippen molar-refractivity contribution >= 4 is 28.6 Å². The molecule has 0 aromatic carbocycles. The summed E-state index contributed by atoms with van der Waals surface area (Å²) < 4.78 is 0. The van der Waals surface area contributed by atoms with E-state index in [1.165, 1.54) is 0 Å². The van der Waals surface area contributed by atoms with E-state index in [1.807, 2.05) is 40.9 Å². The lowest BCUT2D eigenvalue weighted by Gasteiger charge is -2.24. The van der Waals surface area contributed by atoms with Crippen LogP contribution in [-0.4, -0.2) is 27.8 Å². The van der Waals surface area contributed by atoms with Gasteiger partial charge < -0.3 is 4.90 Å². The minimum Gasteiger partial charge on any atom is -0.338 e. The molecule has 2 rings (SSSR count). The highest BCUT2D eigenvalue weighted by Gasteiger charge is 2.22. The molecule has 0 saturated heterocycles. The summed E-state index contributed by atoms with van der Waals surface area (Å²) >= 11 is 3.24. The first-order chi connectivity index (χ1) is 9.38. The van der Waals surface area contributed by atoms with Crippen LogP contribution in [0.25, 0.3) is 0 Å². The molecule has 1 unspecified atom stereocenters. The van der Waals surface area contributed by atoms with E-state index in [1.54, 1.807) is 27.6 Å². The van der Waals surface area contributed by atoms with E-state index in [-0.39, 0.29) is 11.9 Å². The van der Waals surface area contributed by atoms with Crippen LogP contribution in [0.1, 0.15) is 38.4 Å². The van der Waals surface area contributed by atoms with Crippen molar-refractivity contribution in [2.45, 2.75) is 40.2 Å². The number of likely N-dealkylation sites (N-methyl/N-ethyl adjacent to an activating group) is 1. The summed E-state index contributed by atoms with van der Waals surface area (Å²) in [6, 6.07) is 0.0507. The first kappa shape index (κ1) is 15.1. The monoisotopic (exact) mass is 309 g/mol. The van der Waals surface area contributed by atoms with Crippen molar-refractivity contribution < 1.29 is 4.79 Å². The number of thiazole rings is 2. The lowest BCUT2D eigenvalue weighted by atomic mass is 10.2. The zero-order chi connectivity index (χ0) is 14.9. The molecule has 108 valence electrons. The summed E-state index contributed by atoms with van der Waals surface area (Å²) in [5.74, 6) is 0.0947. The average Bonchev–Trinajstić information content (AvgIpc) is 2.93. The van der Waals surface area contributed by atoms with Gasteiger partial charge in [0.05, 0.1) is 23.2 Å². The van der Waals surface area contributed by atoms with E-state index in [9.17, 15) is 4.79 Å². The van der Waals surface area contributed by atoms with Crippen molar-refractivity contribution in [2.24, 2.45) is 0 Å². The highest BCUT2D eigenvalue weighted by molar-refractivity contribution is 7.12. The SMILES string of the molecule is Cc1cnc(CC(=O)N(C)C(C)c2sc(C)nc2C)s1. The van der Waals surface area contributed by atoms with Crippen molar-refractivity contribution in [3.05, 3.63) is 31.7 Å². The maximum atomic E-state index is 12.3. The number of rotatable bonds is 4. The smallest absolute Gasteiger partial charge is 0.229 e. The molecule has 1 amide bonds. The van der Waals surface area contributed by atoms with Crippen molar-refractivity contribution in [2.75, 3.05) is 7.05 Å². The second-order valence-corrected chi connectivity index (χ2v) is 7.46. The third kappa shape index (κ3) is 3.24. The molecule has 2 heterocycles. The number of carbonyl (C=O) groups is 1. The van der Waals surface area contributed by atoms with Gasteiger partial charge in [-0.15, -0.1) is 22.7 Å². The van der Waals surface area contributed by atoms with Crippen molar-refractivity contribution in [1.82, 2.24) is 14.9 Å². The second kappa shape index (κ2) is 6.01. The second-order valence-electron chi connectivity index (χ2n) is 4.90. The maximum Gasteiger partial charge on any atom is 0.229 e. The lowest BCUT2D eigenvalue weighted by Crippen LogP contribution is -2.30. The van der Waals surface area contributed by atoms with Gasteiger partial charge in [0.15, 0.2) is 0 Å². The van der Waals surface area contributed by atoms with Crippen LogP contribution in [0, 0.1) is 20.8 Å². The number of hydrogen-bond donors (Lipinski definition) is 0. The molecule has 0 bridgehead atoms. The largest absolute Gasteiger partial charge is 0.338 e. The first-order valence-electron chi connectivity index (χ1n) is 6.49. The van der Waals surface area contributed by atoms with Gasteiger partial charge in [0.1, 0.15) is 5.01 Å². The number of nitrogens with zero attached hydrogens (tertiary/aromatic N) is 3. The Hall–Kier alpha value is -1.27. The van der Waals surface area contributed by atoms with Gasteiger partial charge in [0, 0.05) is 23.0 Å². The van der Waals surface area contributed by atoms with Crippen molar-refractivity contribution in [1.29, 1.82) is 0 Å². The number of amides is 1. The summed E-state index contributed by atoms with van der Waals surface area (Å²) in [5.41, 5.74) is 1.02. The van der Waals surface area contributed by atoms with Crippen LogP contribution in [0.4, 0.5) is 0 Å². The van der Waals surface area contributed by atoms with Crippen LogP contribution in [0.5, 0.6) is 0 Å². The Morgan fingerprint density at radius 3 is 2.55 bits per heavy atom. The Morgan fingerprint density at radius 1 is 1.35 bits per heavy atom. The van der Waals surface area contributed by atoms with Gasteiger partial charge >= 0.3 is 0 Å². The molecule has 0 saturated carbocycles. The quantitative estimate of drug-likeness (QED) is 0.870. The van der Waals surface area contributed by atoms with E-state index in [0.717, 1.165) is 25.5 Å². The Morgan fingerprint density at radius 2 is 2.05 bits per heavy atom. The molecular weight excluding hydrogens is 290 g/mol. The zero-order valence-electron chi connectivity index (χ0n) is 12.4. The fraction of sp³-hybridized carbons (Fsp3) is 0.500. The molecule has 0 aliphatic heterocycles. The normalized spacial score (nSPS) is 12.4. The minimum atomic E-state index is 0.0507. The van der Waals surface area contributed by atoms with E-state index in [2.05, 4.69) is 9.97 Å². The number of carbonyl (C=O) groups excluding carboxylic acids is 1. The third-order valence-corrected chi connectivity index (χ3v) is 5.42. The predicted octanol–water partition coefficient (Wildman–Crippen LogP) is 3.29. The Balaban J connectivity index is 2.08. The average molecular weight is 309 g/mol. The molecule has 0 radical (unpaired) electrons.